The van der Waals surface area contributed by atoms with Crippen molar-refractivity contribution in [3.8, 4) is 18.6 Å². The van der Waals surface area contributed by atoms with E-state index in [9.17, 15) is 13.5 Å². The van der Waals surface area contributed by atoms with Crippen molar-refractivity contribution in [3.63, 3.8) is 0 Å². The number of hydrogen-bond donors (Lipinski definition) is 3. The lowest BCUT2D eigenvalue weighted by atomic mass is 10.2. The number of nitrogens with zero attached hydrogens (tertiary/aromatic N) is 3. The summed E-state index contributed by atoms with van der Waals surface area (Å²) in [5.41, 5.74) is 1.36. The molecule has 0 unspecified atom stereocenters. The Kier molecular flexibility index (Phi) is 19.3. The largest absolute Gasteiger partial charge is 0.504 e. The highest BCUT2D eigenvalue weighted by atomic mass is 32.2. The zero-order chi connectivity index (χ0) is 28.3. The second-order valence-corrected chi connectivity index (χ2v) is 10.2. The van der Waals surface area contributed by atoms with Gasteiger partial charge >= 0.3 is 0 Å². The van der Waals surface area contributed by atoms with Crippen molar-refractivity contribution in [1.82, 2.24) is 13.1 Å². The minimum Gasteiger partial charge on any atom is -0.504 e. The van der Waals surface area contributed by atoms with Crippen molar-refractivity contribution < 1.29 is 17.9 Å². The van der Waals surface area contributed by atoms with E-state index in [-0.39, 0.29) is 15.6 Å². The second-order valence-electron chi connectivity index (χ2n) is 6.49. The Morgan fingerprint density at radius 2 is 1.64 bits per heavy atom. The normalized spacial score (nSPS) is 9.78. The molecule has 0 atom stereocenters. The maximum Gasteiger partial charge on any atom is 0.255 e. The van der Waals surface area contributed by atoms with Gasteiger partial charge < -0.3 is 20.2 Å². The molecule has 3 aromatic rings. The van der Waals surface area contributed by atoms with E-state index in [1.807, 2.05) is 40.7 Å². The number of rotatable bonds is 8. The fourth-order valence-electron chi connectivity index (χ4n) is 2.16. The van der Waals surface area contributed by atoms with Crippen LogP contribution < -0.4 is 10.6 Å². The van der Waals surface area contributed by atoms with Crippen LogP contribution in [0.5, 0.6) is 5.75 Å². The van der Waals surface area contributed by atoms with Crippen LogP contribution in [0.25, 0.3) is 0 Å². The fraction of sp³-hybridized carbons (Fsp3) is 0.500. The van der Waals surface area contributed by atoms with Gasteiger partial charge in [-0.1, -0.05) is 54.9 Å². The van der Waals surface area contributed by atoms with Crippen LogP contribution in [0.2, 0.25) is 0 Å². The maximum absolute atomic E-state index is 12.2. The number of aromatic nitrogens is 2. The molecule has 3 aromatic heterocycles. The number of terminal acetylenes is 1. The van der Waals surface area contributed by atoms with E-state index in [0.717, 1.165) is 45.1 Å². The lowest BCUT2D eigenvalue weighted by Gasteiger charge is -2.10. The fourth-order valence-corrected chi connectivity index (χ4v) is 5.03. The molecule has 3 N–H and O–H groups in total. The van der Waals surface area contributed by atoms with Crippen molar-refractivity contribution >= 4 is 50.4 Å². The molecule has 0 radical (unpaired) electrons. The molecular formula is C24H41N5O4S3. The molecular weight excluding hydrogens is 518 g/mol. The first kappa shape index (κ1) is 35.6. The summed E-state index contributed by atoms with van der Waals surface area (Å²) in [6.45, 7) is 14.7. The summed E-state index contributed by atoms with van der Waals surface area (Å²) in [7, 11) is -0.903. The highest BCUT2D eigenvalue weighted by molar-refractivity contribution is 7.91. The van der Waals surface area contributed by atoms with Crippen molar-refractivity contribution in [2.75, 3.05) is 24.7 Å². The Hall–Kier alpha value is -2.59. The van der Waals surface area contributed by atoms with Gasteiger partial charge in [0.2, 0.25) is 0 Å². The monoisotopic (exact) mass is 559 g/mol. The lowest BCUT2D eigenvalue weighted by molar-refractivity contribution is 0.460. The summed E-state index contributed by atoms with van der Waals surface area (Å²) in [6, 6.07) is 1.96. The molecule has 12 heteroatoms. The van der Waals surface area contributed by atoms with Gasteiger partial charge in [-0.3, -0.25) is 0 Å². The third-order valence-corrected chi connectivity index (χ3v) is 7.57. The number of aromatic hydroxyl groups is 1. The van der Waals surface area contributed by atoms with Gasteiger partial charge in [-0.05, 0) is 18.1 Å². The topological polar surface area (TPSA) is 121 Å². The zero-order valence-electron chi connectivity index (χ0n) is 22.7. The van der Waals surface area contributed by atoms with Crippen LogP contribution >= 0.6 is 23.1 Å². The van der Waals surface area contributed by atoms with Gasteiger partial charge in [0.25, 0.3) is 10.0 Å². The van der Waals surface area contributed by atoms with Crippen molar-refractivity contribution in [2.45, 2.75) is 72.1 Å². The molecule has 0 spiro atoms. The third kappa shape index (κ3) is 10.6. The predicted octanol–water partition coefficient (Wildman–Crippen LogP) is 6.78. The number of furan rings is 1. The zero-order valence-corrected chi connectivity index (χ0v) is 25.2. The highest BCUT2D eigenvalue weighted by Crippen LogP contribution is 2.40. The smallest absolute Gasteiger partial charge is 0.255 e. The van der Waals surface area contributed by atoms with Crippen LogP contribution in [-0.4, -0.2) is 40.7 Å². The van der Waals surface area contributed by atoms with Gasteiger partial charge in [0, 0.05) is 19.5 Å². The Bertz CT molecular complexity index is 1090. The van der Waals surface area contributed by atoms with Crippen LogP contribution in [0, 0.1) is 12.8 Å². The minimum absolute atomic E-state index is 0.129. The van der Waals surface area contributed by atoms with E-state index in [0.29, 0.717) is 18.2 Å². The van der Waals surface area contributed by atoms with Gasteiger partial charge in [-0.2, -0.15) is 8.75 Å². The second kappa shape index (κ2) is 19.6. The molecule has 0 amide bonds. The van der Waals surface area contributed by atoms with Crippen molar-refractivity contribution in [1.29, 1.82) is 0 Å². The Morgan fingerprint density at radius 3 is 2.14 bits per heavy atom. The van der Waals surface area contributed by atoms with Gasteiger partial charge in [0.15, 0.2) is 21.6 Å². The average Bonchev–Trinajstić information content (AvgIpc) is 3.63. The number of sulfonamides is 1. The quantitative estimate of drug-likeness (QED) is 0.258. The summed E-state index contributed by atoms with van der Waals surface area (Å²) in [5.74, 6) is 1.30. The molecule has 0 saturated carbocycles. The summed E-state index contributed by atoms with van der Waals surface area (Å²) in [5, 5.41) is 17.9. The number of hydrogen-bond acceptors (Lipinski definition) is 10. The highest BCUT2D eigenvalue weighted by Gasteiger charge is 2.26. The van der Waals surface area contributed by atoms with Crippen LogP contribution in [0.3, 0.4) is 0 Å². The molecule has 0 aliphatic heterocycles. The first-order chi connectivity index (χ1) is 17.2. The molecule has 0 bridgehead atoms. The van der Waals surface area contributed by atoms with E-state index in [1.165, 1.54) is 25.9 Å². The first-order valence-electron chi connectivity index (χ1n) is 11.7. The molecule has 0 aliphatic rings. The molecule has 204 valence electrons. The van der Waals surface area contributed by atoms with E-state index in [1.54, 1.807) is 6.26 Å². The molecule has 0 saturated heterocycles. The van der Waals surface area contributed by atoms with E-state index < -0.39 is 10.0 Å². The Labute approximate surface area is 225 Å². The number of thiophene rings is 1. The summed E-state index contributed by atoms with van der Waals surface area (Å²) >= 11 is 1.93. The van der Waals surface area contributed by atoms with E-state index >= 15 is 0 Å². The number of aryl methyl sites for hydroxylation is 1. The van der Waals surface area contributed by atoms with Crippen molar-refractivity contribution in [3.05, 3.63) is 29.0 Å². The maximum atomic E-state index is 12.2. The molecule has 0 fully saturated rings. The van der Waals surface area contributed by atoms with Gasteiger partial charge in [0.1, 0.15) is 5.76 Å². The minimum atomic E-state index is -3.72. The summed E-state index contributed by atoms with van der Waals surface area (Å²) in [4.78, 5) is 0. The van der Waals surface area contributed by atoms with Crippen LogP contribution in [-0.2, 0) is 23.0 Å². The molecule has 9 nitrogen and oxygen atoms in total. The first-order valence-corrected chi connectivity index (χ1v) is 14.8. The molecule has 36 heavy (non-hydrogen) atoms. The number of anilines is 3. The molecule has 0 aromatic carbocycles. The van der Waals surface area contributed by atoms with Gasteiger partial charge in [-0.15, -0.1) is 24.2 Å². The summed E-state index contributed by atoms with van der Waals surface area (Å²) < 4.78 is 39.2. The number of nitrogens with one attached hydrogen (secondary N) is 2. The third-order valence-electron chi connectivity index (χ3n) is 3.74. The van der Waals surface area contributed by atoms with Gasteiger partial charge in [0.05, 0.1) is 30.2 Å². The van der Waals surface area contributed by atoms with E-state index in [4.69, 9.17) is 4.42 Å². The molecule has 3 rings (SSSR count). The van der Waals surface area contributed by atoms with Crippen LogP contribution in [0.15, 0.2) is 26.3 Å². The molecule has 0 aliphatic carbocycles. The van der Waals surface area contributed by atoms with Crippen LogP contribution in [0.1, 0.15) is 66.2 Å². The van der Waals surface area contributed by atoms with Crippen molar-refractivity contribution in [2.24, 2.45) is 0 Å². The standard InChI is InChI=1S/C15H19N5O4S3.C3H8.2C2H6.C2H2/c1-4-9-5-10(24-7-9)6-16-13-14(19-26-18-13)17-11-8-25-15(12(11)21)27(22,23)20(2)3;1-3-2;3*1-2/h5,7-8,21H,4,6H2,1-3H3,(H,16,18)(H,17,19);3H2,1-2H3;2*1-2H3;1-2H. The predicted molar refractivity (Wildman–Crippen MR) is 154 cm³/mol. The SMILES string of the molecule is C#C.CC.CC.CCC.CCc1coc(CNc2nsnc2Nc2csc(S(=O)(=O)N(C)C)c2O)c1. The molecule has 3 heterocycles. The summed E-state index contributed by atoms with van der Waals surface area (Å²) in [6.07, 6.45) is 11.9. The lowest BCUT2D eigenvalue weighted by Crippen LogP contribution is -2.21. The van der Waals surface area contributed by atoms with Crippen LogP contribution in [0.4, 0.5) is 17.3 Å². The Balaban J connectivity index is 0. The van der Waals surface area contributed by atoms with Gasteiger partial charge in [-0.25, -0.2) is 12.7 Å². The Morgan fingerprint density at radius 1 is 1.08 bits per heavy atom. The average molecular weight is 560 g/mol. The van der Waals surface area contributed by atoms with E-state index in [2.05, 4.69) is 46.1 Å².